The van der Waals surface area contributed by atoms with Crippen LogP contribution in [-0.4, -0.2) is 22.6 Å². The fourth-order valence-corrected chi connectivity index (χ4v) is 1.74. The number of aromatic nitrogens is 2. The van der Waals surface area contributed by atoms with Crippen molar-refractivity contribution in [1.29, 1.82) is 0 Å². The van der Waals surface area contributed by atoms with Crippen molar-refractivity contribution in [3.05, 3.63) is 23.8 Å². The van der Waals surface area contributed by atoms with Gasteiger partial charge in [0.25, 0.3) is 0 Å². The van der Waals surface area contributed by atoms with Crippen LogP contribution in [0.4, 0.5) is 0 Å². The van der Waals surface area contributed by atoms with Crippen molar-refractivity contribution in [2.45, 2.75) is 52.2 Å². The number of hydrogen-bond acceptors (Lipinski definition) is 4. The van der Waals surface area contributed by atoms with E-state index < -0.39 is 5.60 Å². The van der Waals surface area contributed by atoms with Crippen LogP contribution in [0.15, 0.2) is 12.3 Å². The van der Waals surface area contributed by atoms with Crippen molar-refractivity contribution in [3.8, 4) is 0 Å². The lowest BCUT2D eigenvalue weighted by molar-refractivity contribution is -0.0392. The zero-order chi connectivity index (χ0) is 12.9. The average Bonchev–Trinajstić information content (AvgIpc) is 2.28. The fourth-order valence-electron chi connectivity index (χ4n) is 1.74. The minimum atomic E-state index is -0.400. The first-order valence-electron chi connectivity index (χ1n) is 6.23. The van der Waals surface area contributed by atoms with Crippen LogP contribution in [0, 0.1) is 0 Å². The van der Waals surface area contributed by atoms with Crippen LogP contribution in [-0.2, 0) is 16.8 Å². The maximum atomic E-state index is 5.78. The summed E-state index contributed by atoms with van der Waals surface area (Å²) in [6.45, 7) is 8.73. The molecular formula is C13H23N3O. The molecule has 0 amide bonds. The monoisotopic (exact) mass is 237 g/mol. The van der Waals surface area contributed by atoms with E-state index in [-0.39, 0.29) is 6.04 Å². The Labute approximate surface area is 104 Å². The molecule has 4 nitrogen and oxygen atoms in total. The van der Waals surface area contributed by atoms with Gasteiger partial charge >= 0.3 is 0 Å². The second-order valence-electron chi connectivity index (χ2n) is 4.57. The summed E-state index contributed by atoms with van der Waals surface area (Å²) in [6, 6.07) is 2.02. The number of nitrogens with zero attached hydrogens (tertiary/aromatic N) is 2. The van der Waals surface area contributed by atoms with Crippen LogP contribution < -0.4 is 5.73 Å². The van der Waals surface area contributed by atoms with E-state index in [1.807, 2.05) is 26.8 Å². The Balaban J connectivity index is 2.96. The molecule has 2 atom stereocenters. The summed E-state index contributed by atoms with van der Waals surface area (Å²) in [6.07, 6.45) is 3.40. The summed E-state index contributed by atoms with van der Waals surface area (Å²) in [5.41, 5.74) is 6.36. The largest absolute Gasteiger partial charge is 0.368 e. The minimum absolute atomic E-state index is 0.109. The van der Waals surface area contributed by atoms with E-state index >= 15 is 0 Å². The zero-order valence-electron chi connectivity index (χ0n) is 11.2. The van der Waals surface area contributed by atoms with E-state index in [0.29, 0.717) is 6.61 Å². The lowest BCUT2D eigenvalue weighted by Gasteiger charge is -2.26. The van der Waals surface area contributed by atoms with Crippen molar-refractivity contribution in [1.82, 2.24) is 9.97 Å². The van der Waals surface area contributed by atoms with Gasteiger partial charge in [0.2, 0.25) is 0 Å². The van der Waals surface area contributed by atoms with E-state index in [4.69, 9.17) is 10.5 Å². The molecule has 1 heterocycles. The first-order valence-corrected chi connectivity index (χ1v) is 6.23. The SMILES string of the molecule is CCOC(C)(CC)c1nccc(CC(C)N)n1. The van der Waals surface area contributed by atoms with Gasteiger partial charge in [-0.2, -0.15) is 0 Å². The number of hydrogen-bond donors (Lipinski definition) is 1. The first kappa shape index (κ1) is 14.1. The lowest BCUT2D eigenvalue weighted by Crippen LogP contribution is -2.29. The van der Waals surface area contributed by atoms with Gasteiger partial charge in [0.1, 0.15) is 5.60 Å². The molecule has 0 spiro atoms. The van der Waals surface area contributed by atoms with Crippen LogP contribution in [0.25, 0.3) is 0 Å². The van der Waals surface area contributed by atoms with Gasteiger partial charge in [-0.3, -0.25) is 0 Å². The van der Waals surface area contributed by atoms with Gasteiger partial charge in [-0.15, -0.1) is 0 Å². The highest BCUT2D eigenvalue weighted by Crippen LogP contribution is 2.25. The second kappa shape index (κ2) is 6.07. The number of ether oxygens (including phenoxy) is 1. The van der Waals surface area contributed by atoms with E-state index in [2.05, 4.69) is 16.9 Å². The Morgan fingerprint density at radius 3 is 2.71 bits per heavy atom. The summed E-state index contributed by atoms with van der Waals surface area (Å²) < 4.78 is 5.77. The summed E-state index contributed by atoms with van der Waals surface area (Å²) in [7, 11) is 0. The van der Waals surface area contributed by atoms with Gasteiger partial charge in [-0.05, 0) is 33.3 Å². The molecule has 1 aromatic rings. The van der Waals surface area contributed by atoms with Crippen molar-refractivity contribution in [2.24, 2.45) is 5.73 Å². The minimum Gasteiger partial charge on any atom is -0.368 e. The Morgan fingerprint density at radius 2 is 2.18 bits per heavy atom. The van der Waals surface area contributed by atoms with Crippen LogP contribution in [0.1, 0.15) is 45.6 Å². The molecule has 0 aliphatic carbocycles. The zero-order valence-corrected chi connectivity index (χ0v) is 11.2. The number of rotatable bonds is 6. The van der Waals surface area contributed by atoms with Crippen LogP contribution in [0.2, 0.25) is 0 Å². The topological polar surface area (TPSA) is 61.0 Å². The molecule has 0 saturated heterocycles. The van der Waals surface area contributed by atoms with Crippen molar-refractivity contribution < 1.29 is 4.74 Å². The van der Waals surface area contributed by atoms with E-state index in [1.54, 1.807) is 6.20 Å². The van der Waals surface area contributed by atoms with Gasteiger partial charge in [-0.25, -0.2) is 9.97 Å². The van der Waals surface area contributed by atoms with Crippen molar-refractivity contribution in [2.75, 3.05) is 6.61 Å². The van der Waals surface area contributed by atoms with Crippen LogP contribution in [0.5, 0.6) is 0 Å². The summed E-state index contributed by atoms with van der Waals surface area (Å²) in [4.78, 5) is 8.89. The highest BCUT2D eigenvalue weighted by atomic mass is 16.5. The van der Waals surface area contributed by atoms with E-state index in [9.17, 15) is 0 Å². The molecule has 0 aromatic carbocycles. The normalized spacial score (nSPS) is 16.5. The Hall–Kier alpha value is -1.00. The third-order valence-electron chi connectivity index (χ3n) is 2.85. The van der Waals surface area contributed by atoms with Gasteiger partial charge in [0.05, 0.1) is 0 Å². The summed E-state index contributed by atoms with van der Waals surface area (Å²) in [5, 5.41) is 0. The standard InChI is InChI=1S/C13H23N3O/c1-5-13(4,17-6-2)12-15-8-7-11(16-12)9-10(3)14/h7-8,10H,5-6,9,14H2,1-4H3. The molecule has 96 valence electrons. The Kier molecular flexibility index (Phi) is 5.02. The van der Waals surface area contributed by atoms with Crippen molar-refractivity contribution >= 4 is 0 Å². The predicted octanol–water partition coefficient (Wildman–Crippen LogP) is 2.03. The maximum absolute atomic E-state index is 5.78. The third-order valence-corrected chi connectivity index (χ3v) is 2.85. The second-order valence-corrected chi connectivity index (χ2v) is 4.57. The molecule has 2 unspecified atom stereocenters. The summed E-state index contributed by atoms with van der Waals surface area (Å²) >= 11 is 0. The predicted molar refractivity (Wildman–Crippen MR) is 68.7 cm³/mol. The van der Waals surface area contributed by atoms with Gasteiger partial charge in [0.15, 0.2) is 5.82 Å². The fraction of sp³-hybridized carbons (Fsp3) is 0.692. The van der Waals surface area contributed by atoms with E-state index in [1.165, 1.54) is 0 Å². The average molecular weight is 237 g/mol. The van der Waals surface area contributed by atoms with Crippen molar-refractivity contribution in [3.63, 3.8) is 0 Å². The molecule has 2 N–H and O–H groups in total. The molecule has 0 bridgehead atoms. The smallest absolute Gasteiger partial charge is 0.160 e. The number of nitrogens with two attached hydrogens (primary N) is 1. The van der Waals surface area contributed by atoms with Gasteiger partial charge in [-0.1, -0.05) is 6.92 Å². The van der Waals surface area contributed by atoms with Crippen LogP contribution in [0.3, 0.4) is 0 Å². The molecule has 17 heavy (non-hydrogen) atoms. The quantitative estimate of drug-likeness (QED) is 0.822. The molecular weight excluding hydrogens is 214 g/mol. The summed E-state index contributed by atoms with van der Waals surface area (Å²) in [5.74, 6) is 0.750. The highest BCUT2D eigenvalue weighted by Gasteiger charge is 2.28. The van der Waals surface area contributed by atoms with Crippen LogP contribution >= 0.6 is 0 Å². The highest BCUT2D eigenvalue weighted by molar-refractivity contribution is 5.08. The lowest BCUT2D eigenvalue weighted by atomic mass is 10.0. The molecule has 0 aliphatic heterocycles. The first-order chi connectivity index (χ1) is 8.01. The molecule has 0 fully saturated rings. The Morgan fingerprint density at radius 1 is 1.47 bits per heavy atom. The molecule has 4 heteroatoms. The van der Waals surface area contributed by atoms with E-state index in [0.717, 1.165) is 24.4 Å². The maximum Gasteiger partial charge on any atom is 0.160 e. The molecule has 1 aromatic heterocycles. The molecule has 0 aliphatic rings. The Bertz CT molecular complexity index is 354. The van der Waals surface area contributed by atoms with Gasteiger partial charge < -0.3 is 10.5 Å². The molecule has 1 rings (SSSR count). The van der Waals surface area contributed by atoms with Gasteiger partial charge in [0, 0.05) is 31.0 Å². The third kappa shape index (κ3) is 3.75. The molecule has 0 saturated carbocycles. The molecule has 0 radical (unpaired) electrons.